The topological polar surface area (TPSA) is 219 Å². The Morgan fingerprint density at radius 1 is 0.573 bits per heavy atom. The summed E-state index contributed by atoms with van der Waals surface area (Å²) in [7, 11) is 0. The van der Waals surface area contributed by atoms with Gasteiger partial charge in [-0.3, -0.25) is 28.1 Å². The van der Waals surface area contributed by atoms with E-state index in [1.807, 2.05) is 109 Å². The number of carbonyl (C=O) groups excluding carboxylic acids is 3. The highest BCUT2D eigenvalue weighted by Gasteiger charge is 2.52. The van der Waals surface area contributed by atoms with Crippen molar-refractivity contribution in [3.05, 3.63) is 122 Å². The molecule has 0 aliphatic heterocycles. The molecule has 3 N–H and O–H groups in total. The molecule has 11 rings (SSSR count). The Kier molecular flexibility index (Phi) is 14.0. The molecule has 382 valence electrons. The molecule has 3 amide bonds. The Bertz CT molecular complexity index is 3470. The van der Waals surface area contributed by atoms with Gasteiger partial charge in [0, 0.05) is 47.8 Å². The predicted molar refractivity (Wildman–Crippen MR) is 284 cm³/mol. The fourth-order valence-electron chi connectivity index (χ4n) is 8.45. The highest BCUT2D eigenvalue weighted by Crippen LogP contribution is 2.52. The number of carbonyl (C=O) groups is 3. The number of alkyl halides is 1. The van der Waals surface area contributed by atoms with Gasteiger partial charge in [0.15, 0.2) is 38.6 Å². The molecule has 0 bridgehead atoms. The maximum atomic E-state index is 15.7. The van der Waals surface area contributed by atoms with Crippen molar-refractivity contribution in [1.29, 1.82) is 0 Å². The van der Waals surface area contributed by atoms with Crippen molar-refractivity contribution in [3.63, 3.8) is 0 Å². The van der Waals surface area contributed by atoms with E-state index in [4.69, 9.17) is 13.3 Å². The van der Waals surface area contributed by atoms with Crippen molar-refractivity contribution in [1.82, 2.24) is 44.3 Å². The van der Waals surface area contributed by atoms with Crippen LogP contribution in [0.1, 0.15) is 46.5 Å². The van der Waals surface area contributed by atoms with E-state index in [1.54, 1.807) is 47.2 Å². The van der Waals surface area contributed by atoms with E-state index in [9.17, 15) is 14.4 Å². The maximum absolute atomic E-state index is 15.7. The highest BCUT2D eigenvalue weighted by molar-refractivity contribution is 8.01. The molecule has 0 saturated heterocycles. The maximum Gasteiger partial charge on any atom is 0.269 e. The first kappa shape index (κ1) is 49.5. The normalized spacial score (nSPS) is 14.6. The van der Waals surface area contributed by atoms with Crippen molar-refractivity contribution in [2.24, 2.45) is 5.92 Å². The zero-order chi connectivity index (χ0) is 51.6. The molecule has 2 saturated carbocycles. The summed E-state index contributed by atoms with van der Waals surface area (Å²) in [5.41, 5.74) is 1.27. The number of thioether (sulfide) groups is 3. The minimum absolute atomic E-state index is 0.0567. The summed E-state index contributed by atoms with van der Waals surface area (Å²) >= 11 is 3.48. The van der Waals surface area contributed by atoms with Crippen LogP contribution in [0, 0.1) is 5.92 Å². The van der Waals surface area contributed by atoms with Crippen molar-refractivity contribution in [2.45, 2.75) is 97.1 Å². The number of para-hydroxylation sites is 1. The predicted octanol–water partition coefficient (Wildman–Crippen LogP) is 11.4. The second-order valence-corrected chi connectivity index (χ2v) is 21.3. The van der Waals surface area contributed by atoms with Gasteiger partial charge in [-0.2, -0.15) is 0 Å². The van der Waals surface area contributed by atoms with Crippen LogP contribution < -0.4 is 16.0 Å². The largest absolute Gasteiger partial charge is 0.461 e. The van der Waals surface area contributed by atoms with Crippen molar-refractivity contribution >= 4 is 70.1 Å². The fourth-order valence-corrected chi connectivity index (χ4v) is 11.7. The number of hydrogen-bond donors (Lipinski definition) is 3. The minimum atomic E-state index is -2.01. The molecule has 0 spiro atoms. The van der Waals surface area contributed by atoms with Crippen LogP contribution in [0.4, 0.5) is 21.5 Å². The van der Waals surface area contributed by atoms with E-state index in [0.29, 0.717) is 99.4 Å². The van der Waals surface area contributed by atoms with Gasteiger partial charge < -0.3 is 29.2 Å². The molecule has 3 aromatic carbocycles. The van der Waals surface area contributed by atoms with Crippen LogP contribution in [0.2, 0.25) is 0 Å². The zero-order valence-corrected chi connectivity index (χ0v) is 43.3. The van der Waals surface area contributed by atoms with Gasteiger partial charge in [0.05, 0.1) is 11.5 Å². The molecule has 22 heteroatoms. The lowest BCUT2D eigenvalue weighted by molar-refractivity contribution is -0.118. The van der Waals surface area contributed by atoms with Gasteiger partial charge in [0.1, 0.15) is 16.3 Å². The minimum Gasteiger partial charge on any atom is -0.461 e. The van der Waals surface area contributed by atoms with Crippen molar-refractivity contribution < 1.29 is 32.0 Å². The van der Waals surface area contributed by atoms with E-state index in [2.05, 4.69) is 46.5 Å². The van der Waals surface area contributed by atoms with Crippen LogP contribution >= 0.6 is 35.3 Å². The van der Waals surface area contributed by atoms with Crippen LogP contribution in [0.3, 0.4) is 0 Å². The van der Waals surface area contributed by atoms with E-state index in [1.165, 1.54) is 23.5 Å². The first-order valence-electron chi connectivity index (χ1n) is 24.5. The van der Waals surface area contributed by atoms with Crippen LogP contribution in [-0.2, 0) is 34.0 Å². The molecule has 2 aliphatic rings. The Labute approximate surface area is 442 Å². The number of hydrogen-bond acceptors (Lipinski definition) is 15. The lowest BCUT2D eigenvalue weighted by Crippen LogP contribution is -2.27. The average molecular weight is 1070 g/mol. The molecule has 0 radical (unpaired) electrons. The van der Waals surface area contributed by atoms with Gasteiger partial charge in [-0.15, -0.1) is 30.6 Å². The molecule has 6 heterocycles. The molecular weight excluding hydrogens is 1020 g/mol. The van der Waals surface area contributed by atoms with Crippen LogP contribution in [-0.4, -0.2) is 77.5 Å². The Balaban J connectivity index is 0.685. The molecule has 75 heavy (non-hydrogen) atoms. The average Bonchev–Trinajstić information content (AvgIpc) is 3.86. The fraction of sp³-hybridized carbons (Fsp3) is 0.264. The van der Waals surface area contributed by atoms with Gasteiger partial charge in [0.25, 0.3) is 5.91 Å². The molecule has 2 unspecified atom stereocenters. The second-order valence-electron chi connectivity index (χ2n) is 17.8. The smallest absolute Gasteiger partial charge is 0.269 e. The quantitative estimate of drug-likeness (QED) is 0.0570. The summed E-state index contributed by atoms with van der Waals surface area (Å²) in [4.78, 5) is 40.1. The van der Waals surface area contributed by atoms with Crippen LogP contribution in [0.5, 0.6) is 0 Å². The number of aromatic nitrogens is 9. The molecule has 18 nitrogen and oxygen atoms in total. The molecule has 2 atom stereocenters. The molecule has 6 aromatic heterocycles. The Morgan fingerprint density at radius 3 is 1.59 bits per heavy atom. The standard InChI is InChI=1S/C53H49FN12O6S3/c1-4-64-44(39-13-10-30-70-39)58-61-50(64)73-42(33-14-15-33)47(67)55-35-20-16-31(17-21-35)37-24-26-40(71-37)45-59-62-51(65(45)5-2)74-43(54)48(68)56-36-22-18-32(19-23-36)38-25-27-41(72-38)46-60-63-52(66(46)6-3)75-53(28-29-53)49(69)57-34-11-8-7-9-12-34/h7-13,16-27,30,33,42-43H,4-6,14-15,28-29H2,1-3H3,(H,55,67)(H,56,68)(H,57,69). The lowest BCUT2D eigenvalue weighted by Gasteiger charge is -2.16. The summed E-state index contributed by atoms with van der Waals surface area (Å²) in [6.07, 6.45) is 5.01. The number of amides is 3. The van der Waals surface area contributed by atoms with Gasteiger partial charge in [-0.05, 0) is 161 Å². The third-order valence-corrected chi connectivity index (χ3v) is 16.5. The molecule has 9 aromatic rings. The third-order valence-electron chi connectivity index (χ3n) is 12.8. The van der Waals surface area contributed by atoms with E-state index in [-0.39, 0.29) is 28.1 Å². The molecule has 2 aliphatic carbocycles. The summed E-state index contributed by atoms with van der Waals surface area (Å²) in [5.74, 6) is 3.42. The molecular formula is C53H49FN12O6S3. The first-order chi connectivity index (χ1) is 36.6. The Morgan fingerprint density at radius 2 is 1.07 bits per heavy atom. The van der Waals surface area contributed by atoms with Crippen LogP contribution in [0.15, 0.2) is 150 Å². The summed E-state index contributed by atoms with van der Waals surface area (Å²) < 4.78 is 38.7. The van der Waals surface area contributed by atoms with Crippen molar-refractivity contribution in [3.8, 4) is 57.4 Å². The molecule has 2 fully saturated rings. The Hall–Kier alpha value is -7.69. The number of benzene rings is 3. The van der Waals surface area contributed by atoms with Gasteiger partial charge in [-0.1, -0.05) is 41.7 Å². The van der Waals surface area contributed by atoms with Crippen molar-refractivity contribution in [2.75, 3.05) is 16.0 Å². The number of anilines is 3. The zero-order valence-electron chi connectivity index (χ0n) is 40.8. The monoisotopic (exact) mass is 1060 g/mol. The number of halogens is 1. The third kappa shape index (κ3) is 10.5. The number of nitrogens with one attached hydrogen (secondary N) is 3. The highest BCUT2D eigenvalue weighted by atomic mass is 32.2. The number of rotatable bonds is 21. The van der Waals surface area contributed by atoms with Crippen LogP contribution in [0.25, 0.3) is 57.4 Å². The van der Waals surface area contributed by atoms with E-state index in [0.717, 1.165) is 42.5 Å². The summed E-state index contributed by atoms with van der Waals surface area (Å²) in [5, 5.41) is 36.1. The lowest BCUT2D eigenvalue weighted by atomic mass is 10.1. The first-order valence-corrected chi connectivity index (χ1v) is 27.1. The summed E-state index contributed by atoms with van der Waals surface area (Å²) in [6, 6.07) is 34.5. The van der Waals surface area contributed by atoms with E-state index < -0.39 is 16.2 Å². The van der Waals surface area contributed by atoms with Gasteiger partial charge in [0.2, 0.25) is 29.0 Å². The summed E-state index contributed by atoms with van der Waals surface area (Å²) in [6.45, 7) is 7.44. The van der Waals surface area contributed by atoms with E-state index >= 15 is 4.39 Å². The SMILES string of the molecule is CCn1c(SC(F)C(=O)Nc2ccc(-c3ccc(-c4nnc(SC5(C(=O)Nc6ccccc6)CC5)n4CC)o3)cc2)nnc1-c1ccc(-c2ccc(NC(=O)C(Sc3nnc(-c4ccco4)n3CC)C3CC3)cc2)o1. The van der Waals surface area contributed by atoms with Gasteiger partial charge in [-0.25, -0.2) is 4.39 Å². The number of furan rings is 3. The second kappa shape index (κ2) is 21.3. The number of nitrogens with zero attached hydrogens (tertiary/aromatic N) is 9. The van der Waals surface area contributed by atoms with Gasteiger partial charge >= 0.3 is 0 Å².